The molecule has 1 atom stereocenters. The molecule has 0 heterocycles. The van der Waals surface area contributed by atoms with E-state index in [1.807, 2.05) is 50.2 Å². The summed E-state index contributed by atoms with van der Waals surface area (Å²) in [7, 11) is -1.50. The van der Waals surface area contributed by atoms with Crippen LogP contribution in [0, 0.1) is 13.8 Å². The molecule has 0 aromatic heterocycles. The summed E-state index contributed by atoms with van der Waals surface area (Å²) >= 11 is 12.5. The minimum absolute atomic E-state index is 0.0402. The Hall–Kier alpha value is -4.25. The van der Waals surface area contributed by atoms with E-state index in [1.54, 1.807) is 37.3 Å². The number of hydrogen-bond donors (Lipinski definition) is 1. The van der Waals surface area contributed by atoms with Gasteiger partial charge in [-0.1, -0.05) is 65.7 Å². The first-order chi connectivity index (χ1) is 22.9. The SMILES string of the molecule is CCNC(=O)C(Cc1ccccc1)N(Cc1ccc(Cl)c(Cl)c1)C(=O)CN(c1cc(C)cc(C)c1)S(=O)(=O)c1ccc(OC)c(OC)c1. The normalized spacial score (nSPS) is 11.8. The molecule has 0 radical (unpaired) electrons. The summed E-state index contributed by atoms with van der Waals surface area (Å²) in [6.07, 6.45) is 0.186. The van der Waals surface area contributed by atoms with Crippen LogP contribution in [-0.2, 0) is 32.6 Å². The third-order valence-corrected chi connectivity index (χ3v) is 10.2. The van der Waals surface area contributed by atoms with Crippen LogP contribution >= 0.6 is 23.2 Å². The Morgan fingerprint density at radius 3 is 2.08 bits per heavy atom. The van der Waals surface area contributed by atoms with Crippen LogP contribution in [0.3, 0.4) is 0 Å². The maximum Gasteiger partial charge on any atom is 0.264 e. The minimum atomic E-state index is -4.36. The van der Waals surface area contributed by atoms with E-state index in [2.05, 4.69) is 5.32 Å². The van der Waals surface area contributed by atoms with Gasteiger partial charge in [-0.2, -0.15) is 0 Å². The average Bonchev–Trinajstić information content (AvgIpc) is 3.06. The first kappa shape index (κ1) is 36.6. The van der Waals surface area contributed by atoms with Crippen molar-refractivity contribution >= 4 is 50.7 Å². The molecule has 0 saturated heterocycles. The van der Waals surface area contributed by atoms with E-state index in [-0.39, 0.29) is 34.5 Å². The summed E-state index contributed by atoms with van der Waals surface area (Å²) in [4.78, 5) is 29.6. The van der Waals surface area contributed by atoms with Crippen LogP contribution in [0.15, 0.2) is 89.8 Å². The van der Waals surface area contributed by atoms with Crippen molar-refractivity contribution in [3.63, 3.8) is 0 Å². The number of rotatable bonds is 14. The summed E-state index contributed by atoms with van der Waals surface area (Å²) in [6.45, 7) is 5.18. The van der Waals surface area contributed by atoms with Gasteiger partial charge in [0.05, 0.1) is 34.8 Å². The van der Waals surface area contributed by atoms with Crippen LogP contribution in [0.25, 0.3) is 0 Å². The van der Waals surface area contributed by atoms with Gasteiger partial charge in [0, 0.05) is 25.6 Å². The predicted octanol–water partition coefficient (Wildman–Crippen LogP) is 6.60. The number of halogens is 2. The summed E-state index contributed by atoms with van der Waals surface area (Å²) < 4.78 is 40.7. The predicted molar refractivity (Wildman–Crippen MR) is 190 cm³/mol. The van der Waals surface area contributed by atoms with Crippen LogP contribution in [0.2, 0.25) is 10.0 Å². The number of nitrogens with one attached hydrogen (secondary N) is 1. The number of benzene rings is 4. The van der Waals surface area contributed by atoms with Crippen molar-refractivity contribution < 1.29 is 27.5 Å². The Morgan fingerprint density at radius 2 is 1.48 bits per heavy atom. The van der Waals surface area contributed by atoms with Crippen LogP contribution in [-0.4, -0.2) is 58.5 Å². The molecule has 9 nitrogen and oxygen atoms in total. The second-order valence-electron chi connectivity index (χ2n) is 11.2. The Kier molecular flexibility index (Phi) is 12.4. The largest absolute Gasteiger partial charge is 0.493 e. The second kappa shape index (κ2) is 16.2. The molecule has 254 valence electrons. The molecular weight excluding hydrogens is 673 g/mol. The number of amides is 2. The number of hydrogen-bond acceptors (Lipinski definition) is 6. The third-order valence-electron chi connectivity index (χ3n) is 7.68. The highest BCUT2D eigenvalue weighted by molar-refractivity contribution is 7.92. The first-order valence-corrected chi connectivity index (χ1v) is 17.5. The zero-order valence-corrected chi connectivity index (χ0v) is 29.8. The van der Waals surface area contributed by atoms with Gasteiger partial charge in [0.1, 0.15) is 12.6 Å². The van der Waals surface area contributed by atoms with Gasteiger partial charge in [0.2, 0.25) is 11.8 Å². The van der Waals surface area contributed by atoms with Gasteiger partial charge in [-0.3, -0.25) is 13.9 Å². The fraction of sp³-hybridized carbons (Fsp3) is 0.278. The third kappa shape index (κ3) is 8.80. The van der Waals surface area contributed by atoms with Gasteiger partial charge in [-0.25, -0.2) is 8.42 Å². The molecule has 0 fully saturated rings. The number of nitrogens with zero attached hydrogens (tertiary/aromatic N) is 2. The van der Waals surface area contributed by atoms with Crippen LogP contribution in [0.4, 0.5) is 5.69 Å². The molecule has 0 aliphatic carbocycles. The van der Waals surface area contributed by atoms with Crippen molar-refractivity contribution in [3.8, 4) is 11.5 Å². The summed E-state index contributed by atoms with van der Waals surface area (Å²) in [5, 5.41) is 3.47. The van der Waals surface area contributed by atoms with E-state index >= 15 is 0 Å². The molecular formula is C36H39Cl2N3O6S. The van der Waals surface area contributed by atoms with Crippen molar-refractivity contribution in [2.75, 3.05) is 31.6 Å². The average molecular weight is 713 g/mol. The van der Waals surface area contributed by atoms with E-state index in [1.165, 1.54) is 37.3 Å². The molecule has 0 aliphatic rings. The van der Waals surface area contributed by atoms with Crippen LogP contribution < -0.4 is 19.1 Å². The summed E-state index contributed by atoms with van der Waals surface area (Å²) in [5.41, 5.74) is 3.34. The molecule has 4 rings (SSSR count). The lowest BCUT2D eigenvalue weighted by Gasteiger charge is -2.34. The first-order valence-electron chi connectivity index (χ1n) is 15.3. The van der Waals surface area contributed by atoms with Crippen molar-refractivity contribution in [2.45, 2.75) is 44.7 Å². The van der Waals surface area contributed by atoms with Crippen molar-refractivity contribution in [2.24, 2.45) is 0 Å². The van der Waals surface area contributed by atoms with E-state index in [0.29, 0.717) is 28.6 Å². The van der Waals surface area contributed by atoms with Gasteiger partial charge in [-0.05, 0) is 79.4 Å². The highest BCUT2D eigenvalue weighted by Gasteiger charge is 2.35. The number of methoxy groups -OCH3 is 2. The Balaban J connectivity index is 1.86. The number of anilines is 1. The fourth-order valence-corrected chi connectivity index (χ4v) is 7.14. The highest BCUT2D eigenvalue weighted by atomic mass is 35.5. The molecule has 4 aromatic carbocycles. The zero-order valence-electron chi connectivity index (χ0n) is 27.5. The van der Waals surface area contributed by atoms with E-state index in [9.17, 15) is 18.0 Å². The Bertz CT molecular complexity index is 1850. The summed E-state index contributed by atoms with van der Waals surface area (Å²) in [6, 6.07) is 22.9. The number of carbonyl (C=O) groups is 2. The van der Waals surface area contributed by atoms with Gasteiger partial charge < -0.3 is 19.7 Å². The van der Waals surface area contributed by atoms with Crippen LogP contribution in [0.5, 0.6) is 11.5 Å². The number of carbonyl (C=O) groups excluding carboxylic acids is 2. The lowest BCUT2D eigenvalue weighted by Crippen LogP contribution is -2.53. The minimum Gasteiger partial charge on any atom is -0.493 e. The molecule has 1 unspecified atom stereocenters. The number of sulfonamides is 1. The van der Waals surface area contributed by atoms with Crippen molar-refractivity contribution in [1.29, 1.82) is 0 Å². The van der Waals surface area contributed by atoms with Gasteiger partial charge >= 0.3 is 0 Å². The molecule has 0 spiro atoms. The fourth-order valence-electron chi connectivity index (χ4n) is 5.41. The molecule has 0 bridgehead atoms. The number of aryl methyl sites for hydroxylation is 2. The second-order valence-corrected chi connectivity index (χ2v) is 13.9. The lowest BCUT2D eigenvalue weighted by molar-refractivity contribution is -0.140. The number of likely N-dealkylation sites (N-methyl/N-ethyl adjacent to an activating group) is 1. The smallest absolute Gasteiger partial charge is 0.264 e. The molecule has 2 amide bonds. The molecule has 12 heteroatoms. The lowest BCUT2D eigenvalue weighted by atomic mass is 10.0. The van der Waals surface area contributed by atoms with E-state index < -0.39 is 28.5 Å². The monoisotopic (exact) mass is 711 g/mol. The van der Waals surface area contributed by atoms with E-state index in [0.717, 1.165) is 21.0 Å². The molecule has 0 saturated carbocycles. The molecule has 4 aromatic rings. The maximum atomic E-state index is 14.6. The Labute approximate surface area is 292 Å². The van der Waals surface area contributed by atoms with Gasteiger partial charge in [-0.15, -0.1) is 0 Å². The topological polar surface area (TPSA) is 105 Å². The van der Waals surface area contributed by atoms with E-state index in [4.69, 9.17) is 32.7 Å². The molecule has 48 heavy (non-hydrogen) atoms. The molecule has 1 N–H and O–H groups in total. The zero-order chi connectivity index (χ0) is 35.0. The van der Waals surface area contributed by atoms with Crippen LogP contribution in [0.1, 0.15) is 29.2 Å². The van der Waals surface area contributed by atoms with Gasteiger partial charge in [0.25, 0.3) is 10.0 Å². The van der Waals surface area contributed by atoms with Crippen molar-refractivity contribution in [3.05, 3.63) is 117 Å². The highest BCUT2D eigenvalue weighted by Crippen LogP contribution is 2.33. The van der Waals surface area contributed by atoms with Gasteiger partial charge in [0.15, 0.2) is 11.5 Å². The quantitative estimate of drug-likeness (QED) is 0.158. The maximum absolute atomic E-state index is 14.6. The number of ether oxygens (including phenoxy) is 2. The standard InChI is InChI=1S/C36H39Cl2N3O6S/c1-6-39-36(43)32(20-26-10-8-7-9-11-26)40(22-27-12-14-30(37)31(38)19-27)35(42)23-41(28-17-24(2)16-25(3)18-28)48(44,45)29-13-15-33(46-4)34(21-29)47-5/h7-19,21,32H,6,20,22-23H2,1-5H3,(H,39,43). The van der Waals surface area contributed by atoms with Crippen molar-refractivity contribution in [1.82, 2.24) is 10.2 Å². The molecule has 0 aliphatic heterocycles. The Morgan fingerprint density at radius 1 is 0.812 bits per heavy atom. The summed E-state index contributed by atoms with van der Waals surface area (Å²) in [5.74, 6) is -0.415.